The number of hydrogen-bond donors (Lipinski definition) is 2. The van der Waals surface area contributed by atoms with Gasteiger partial charge in [-0.25, -0.2) is 0 Å². The van der Waals surface area contributed by atoms with E-state index in [0.717, 1.165) is 0 Å². The third-order valence-corrected chi connectivity index (χ3v) is 1.63. The Morgan fingerprint density at radius 2 is 1.78 bits per heavy atom. The van der Waals surface area contributed by atoms with Crippen molar-refractivity contribution in [2.24, 2.45) is 0 Å². The number of rotatable bonds is 3. The highest BCUT2D eigenvalue weighted by molar-refractivity contribution is 7.81. The van der Waals surface area contributed by atoms with Crippen LogP contribution in [0.1, 0.15) is 13.8 Å². The molecule has 2 atom stereocenters. The average molecular weight is 148 g/mol. The summed E-state index contributed by atoms with van der Waals surface area (Å²) in [5.41, 5.74) is 3.20. The Labute approximate surface area is 63.0 Å². The second-order valence-electron chi connectivity index (χ2n) is 2.55. The zero-order valence-electron chi connectivity index (χ0n) is 6.55. The van der Waals surface area contributed by atoms with Crippen LogP contribution in [0, 0.1) is 0 Å². The number of nitrogens with zero attached hydrogens (tertiary/aromatic N) is 1. The zero-order chi connectivity index (χ0) is 7.44. The van der Waals surface area contributed by atoms with Gasteiger partial charge < -0.3 is 0 Å². The molecule has 0 spiro atoms. The molecule has 0 aliphatic carbocycles. The van der Waals surface area contributed by atoms with Crippen molar-refractivity contribution < 1.29 is 0 Å². The molecule has 0 saturated heterocycles. The second kappa shape index (κ2) is 4.14. The summed E-state index contributed by atoms with van der Waals surface area (Å²) in [6.45, 7) is 4.18. The summed E-state index contributed by atoms with van der Waals surface area (Å²) >= 11 is 4.28. The van der Waals surface area contributed by atoms with E-state index in [-0.39, 0.29) is 0 Å². The van der Waals surface area contributed by atoms with E-state index in [4.69, 9.17) is 0 Å². The van der Waals surface area contributed by atoms with Crippen molar-refractivity contribution in [2.45, 2.75) is 25.1 Å². The molecule has 0 amide bonds. The first-order chi connectivity index (χ1) is 4.04. The Morgan fingerprint density at radius 3 is 1.89 bits per heavy atom. The molecule has 0 aromatic heterocycles. The van der Waals surface area contributed by atoms with E-state index in [1.165, 1.54) is 0 Å². The zero-order valence-corrected chi connectivity index (χ0v) is 7.44. The predicted octanol–water partition coefficient (Wildman–Crippen LogP) is 0.759. The molecule has 0 aliphatic heterocycles. The van der Waals surface area contributed by atoms with Crippen molar-refractivity contribution in [3.8, 4) is 0 Å². The smallest absolute Gasteiger partial charge is 0.0300 e. The summed E-state index contributed by atoms with van der Waals surface area (Å²) in [5.74, 6) is 0. The van der Waals surface area contributed by atoms with E-state index < -0.39 is 0 Å². The third-order valence-electron chi connectivity index (χ3n) is 1.19. The summed E-state index contributed by atoms with van der Waals surface area (Å²) in [6.07, 6.45) is 0. The molecule has 0 bridgehead atoms. The average Bonchev–Trinajstić information content (AvgIpc) is 1.63. The lowest BCUT2D eigenvalue weighted by molar-refractivity contribution is 0.250. The molecule has 2 unspecified atom stereocenters. The van der Waals surface area contributed by atoms with Gasteiger partial charge >= 0.3 is 0 Å². The highest BCUT2D eigenvalue weighted by Gasteiger charge is 2.06. The number of nitrogens with one attached hydrogen (secondary N) is 1. The van der Waals surface area contributed by atoms with Crippen molar-refractivity contribution >= 4 is 12.6 Å². The van der Waals surface area contributed by atoms with Crippen LogP contribution < -0.4 is 5.43 Å². The third kappa shape index (κ3) is 4.75. The molecule has 3 heteroatoms. The molecular weight excluding hydrogens is 132 g/mol. The maximum absolute atomic E-state index is 4.28. The molecule has 0 rings (SSSR count). The van der Waals surface area contributed by atoms with Gasteiger partial charge in [-0.05, 0) is 6.92 Å². The fourth-order valence-corrected chi connectivity index (χ4v) is 0.582. The topological polar surface area (TPSA) is 15.3 Å². The molecule has 2 nitrogen and oxygen atoms in total. The Kier molecular flexibility index (Phi) is 4.27. The molecule has 56 valence electrons. The largest absolute Gasteiger partial charge is 0.252 e. The van der Waals surface area contributed by atoms with Crippen molar-refractivity contribution in [1.29, 1.82) is 0 Å². The molecule has 0 saturated carbocycles. The maximum Gasteiger partial charge on any atom is 0.0300 e. The quantitative estimate of drug-likeness (QED) is 0.454. The lowest BCUT2D eigenvalue weighted by atomic mass is 10.3. The minimum Gasteiger partial charge on any atom is -0.252 e. The van der Waals surface area contributed by atoms with E-state index in [1.54, 1.807) is 0 Å². The van der Waals surface area contributed by atoms with Gasteiger partial charge in [0.15, 0.2) is 0 Å². The van der Waals surface area contributed by atoms with E-state index in [1.807, 2.05) is 19.1 Å². The van der Waals surface area contributed by atoms with Crippen LogP contribution in [0.2, 0.25) is 0 Å². The summed E-state index contributed by atoms with van der Waals surface area (Å²) in [4.78, 5) is 0. The molecular formula is C6H16N2S. The van der Waals surface area contributed by atoms with Gasteiger partial charge in [-0.2, -0.15) is 12.6 Å². The monoisotopic (exact) mass is 148 g/mol. The van der Waals surface area contributed by atoms with Crippen LogP contribution in [-0.4, -0.2) is 30.4 Å². The first-order valence-corrected chi connectivity index (χ1v) is 3.67. The van der Waals surface area contributed by atoms with Gasteiger partial charge in [0.2, 0.25) is 0 Å². The maximum atomic E-state index is 4.28. The second-order valence-corrected chi connectivity index (χ2v) is 3.37. The van der Waals surface area contributed by atoms with Gasteiger partial charge in [0.25, 0.3) is 0 Å². The van der Waals surface area contributed by atoms with Gasteiger partial charge in [-0.15, -0.1) is 0 Å². The predicted molar refractivity (Wildman–Crippen MR) is 44.7 cm³/mol. The van der Waals surface area contributed by atoms with Crippen LogP contribution >= 0.6 is 12.6 Å². The molecule has 0 radical (unpaired) electrons. The van der Waals surface area contributed by atoms with Crippen LogP contribution in [0.25, 0.3) is 0 Å². The van der Waals surface area contributed by atoms with E-state index in [0.29, 0.717) is 11.3 Å². The Hall–Kier alpha value is 0.270. The minimum atomic E-state index is 0.396. The Bertz CT molecular complexity index is 73.5. The fourth-order valence-electron chi connectivity index (χ4n) is 0.515. The first-order valence-electron chi connectivity index (χ1n) is 3.15. The molecule has 0 aromatic rings. The highest BCUT2D eigenvalue weighted by atomic mass is 32.1. The van der Waals surface area contributed by atoms with Gasteiger partial charge in [-0.3, -0.25) is 10.4 Å². The molecule has 0 fully saturated rings. The first kappa shape index (κ1) is 9.27. The number of thiol groups is 1. The highest BCUT2D eigenvalue weighted by Crippen LogP contribution is 1.98. The van der Waals surface area contributed by atoms with Crippen molar-refractivity contribution in [2.75, 3.05) is 14.1 Å². The molecule has 0 heterocycles. The van der Waals surface area contributed by atoms with Gasteiger partial charge in [0.1, 0.15) is 0 Å². The summed E-state index contributed by atoms with van der Waals surface area (Å²) in [7, 11) is 3.96. The SMILES string of the molecule is CC(S)C(C)NN(C)C. The van der Waals surface area contributed by atoms with Crippen molar-refractivity contribution in [3.05, 3.63) is 0 Å². The van der Waals surface area contributed by atoms with E-state index >= 15 is 0 Å². The Balaban J connectivity index is 3.38. The summed E-state index contributed by atoms with van der Waals surface area (Å²) < 4.78 is 0. The molecule has 0 aromatic carbocycles. The van der Waals surface area contributed by atoms with Gasteiger partial charge in [-0.1, -0.05) is 6.92 Å². The lowest BCUT2D eigenvalue weighted by Gasteiger charge is -2.21. The van der Waals surface area contributed by atoms with Crippen LogP contribution in [0.4, 0.5) is 0 Å². The van der Waals surface area contributed by atoms with Gasteiger partial charge in [0, 0.05) is 25.4 Å². The van der Waals surface area contributed by atoms with Crippen molar-refractivity contribution in [3.63, 3.8) is 0 Å². The molecule has 9 heavy (non-hydrogen) atoms. The standard InChI is InChI=1S/C6H16N2S/c1-5(6(2)9)7-8(3)4/h5-7,9H,1-4H3. The fraction of sp³-hybridized carbons (Fsp3) is 1.00. The Morgan fingerprint density at radius 1 is 1.33 bits per heavy atom. The number of hydrogen-bond acceptors (Lipinski definition) is 3. The minimum absolute atomic E-state index is 0.396. The van der Waals surface area contributed by atoms with Crippen LogP contribution in [0.5, 0.6) is 0 Å². The normalized spacial score (nSPS) is 18.0. The number of hydrazine groups is 1. The molecule has 0 aliphatic rings. The van der Waals surface area contributed by atoms with Crippen LogP contribution in [-0.2, 0) is 0 Å². The van der Waals surface area contributed by atoms with E-state index in [9.17, 15) is 0 Å². The van der Waals surface area contributed by atoms with E-state index in [2.05, 4.69) is 31.9 Å². The summed E-state index contributed by atoms with van der Waals surface area (Å²) in [5, 5.41) is 2.34. The summed E-state index contributed by atoms with van der Waals surface area (Å²) in [6, 6.07) is 0.434. The molecule has 1 N–H and O–H groups in total. The van der Waals surface area contributed by atoms with Gasteiger partial charge in [0.05, 0.1) is 0 Å². The lowest BCUT2D eigenvalue weighted by Crippen LogP contribution is -2.41. The van der Waals surface area contributed by atoms with Crippen LogP contribution in [0.15, 0.2) is 0 Å². The van der Waals surface area contributed by atoms with Crippen LogP contribution in [0.3, 0.4) is 0 Å². The van der Waals surface area contributed by atoms with Crippen molar-refractivity contribution in [1.82, 2.24) is 10.4 Å².